The molecule has 1 aliphatic heterocycles. The third-order valence-electron chi connectivity index (χ3n) is 4.37. The van der Waals surface area contributed by atoms with Crippen molar-refractivity contribution in [2.45, 2.75) is 19.6 Å². The number of ether oxygens (including phenoxy) is 2. The van der Waals surface area contributed by atoms with Gasteiger partial charge in [-0.15, -0.1) is 0 Å². The van der Waals surface area contributed by atoms with Crippen LogP contribution in [0.5, 0.6) is 5.75 Å². The zero-order chi connectivity index (χ0) is 22.7. The van der Waals surface area contributed by atoms with E-state index in [9.17, 15) is 18.8 Å². The van der Waals surface area contributed by atoms with Gasteiger partial charge in [-0.1, -0.05) is 12.1 Å². The van der Waals surface area contributed by atoms with Crippen LogP contribution >= 0.6 is 56.9 Å². The molecule has 0 N–H and O–H groups in total. The van der Waals surface area contributed by atoms with E-state index in [-0.39, 0.29) is 17.3 Å². The third kappa shape index (κ3) is 5.58. The van der Waals surface area contributed by atoms with Gasteiger partial charge in [0.25, 0.3) is 11.1 Å². The van der Waals surface area contributed by atoms with E-state index in [1.165, 1.54) is 26.2 Å². The molecule has 3 rings (SSSR count). The number of hydrogen-bond acceptors (Lipinski definition) is 6. The lowest BCUT2D eigenvalue weighted by atomic mass is 10.2. The zero-order valence-electron chi connectivity index (χ0n) is 16.4. The highest BCUT2D eigenvalue weighted by molar-refractivity contribution is 14.1. The first kappa shape index (κ1) is 24.0. The largest absolute Gasteiger partial charge is 0.487 e. The van der Waals surface area contributed by atoms with E-state index < -0.39 is 23.2 Å². The van der Waals surface area contributed by atoms with Gasteiger partial charge in [0, 0.05) is 0 Å². The molecular formula is C21H16FI2NO5S. The molecular weight excluding hydrogens is 651 g/mol. The molecule has 1 heterocycles. The van der Waals surface area contributed by atoms with E-state index in [4.69, 9.17) is 4.74 Å². The second-order valence-corrected chi connectivity index (χ2v) is 9.80. The summed E-state index contributed by atoms with van der Waals surface area (Å²) >= 11 is 5.05. The quantitative estimate of drug-likeness (QED) is 0.240. The van der Waals surface area contributed by atoms with Crippen LogP contribution in [0.25, 0.3) is 6.08 Å². The van der Waals surface area contributed by atoms with Gasteiger partial charge in [-0.25, -0.2) is 9.18 Å². The maximum Gasteiger partial charge on any atom is 0.328 e. The second-order valence-electron chi connectivity index (χ2n) is 6.48. The van der Waals surface area contributed by atoms with Crippen molar-refractivity contribution in [3.05, 3.63) is 65.4 Å². The van der Waals surface area contributed by atoms with E-state index in [2.05, 4.69) is 49.9 Å². The average molecular weight is 667 g/mol. The van der Waals surface area contributed by atoms with Crippen molar-refractivity contribution in [1.29, 1.82) is 0 Å². The highest BCUT2D eigenvalue weighted by atomic mass is 127. The Hall–Kier alpha value is -1.67. The monoisotopic (exact) mass is 667 g/mol. The molecule has 0 spiro atoms. The summed E-state index contributed by atoms with van der Waals surface area (Å²) in [5.74, 6) is -0.817. The minimum absolute atomic E-state index is 0.229. The molecule has 162 valence electrons. The lowest BCUT2D eigenvalue weighted by molar-refractivity contribution is -0.148. The number of nitrogens with zero attached hydrogens (tertiary/aromatic N) is 1. The van der Waals surface area contributed by atoms with E-state index in [1.807, 2.05) is 12.1 Å². The smallest absolute Gasteiger partial charge is 0.328 e. The molecule has 31 heavy (non-hydrogen) atoms. The second kappa shape index (κ2) is 10.3. The Morgan fingerprint density at radius 1 is 1.19 bits per heavy atom. The van der Waals surface area contributed by atoms with Gasteiger partial charge in [-0.05, 0) is 105 Å². The van der Waals surface area contributed by atoms with Crippen LogP contribution in [0, 0.1) is 13.0 Å². The van der Waals surface area contributed by atoms with Crippen LogP contribution in [0.4, 0.5) is 9.18 Å². The Morgan fingerprint density at radius 3 is 2.39 bits per heavy atom. The normalized spacial score (nSPS) is 16.0. The van der Waals surface area contributed by atoms with Gasteiger partial charge < -0.3 is 9.47 Å². The number of benzene rings is 2. The number of imide groups is 1. The fourth-order valence-electron chi connectivity index (χ4n) is 2.78. The van der Waals surface area contributed by atoms with Crippen molar-refractivity contribution in [1.82, 2.24) is 4.90 Å². The molecule has 0 aromatic heterocycles. The third-order valence-corrected chi connectivity index (χ3v) is 6.85. The summed E-state index contributed by atoms with van der Waals surface area (Å²) < 4.78 is 25.2. The molecule has 1 fully saturated rings. The zero-order valence-corrected chi connectivity index (χ0v) is 21.5. The molecule has 1 saturated heterocycles. The van der Waals surface area contributed by atoms with Crippen LogP contribution in [0.2, 0.25) is 0 Å². The Balaban J connectivity index is 1.78. The molecule has 2 aromatic carbocycles. The molecule has 2 aromatic rings. The molecule has 0 aliphatic carbocycles. The number of carbonyl (C=O) groups is 3. The van der Waals surface area contributed by atoms with E-state index in [1.54, 1.807) is 18.2 Å². The number of rotatable bonds is 6. The summed E-state index contributed by atoms with van der Waals surface area (Å²) in [5, 5.41) is -0.516. The maximum absolute atomic E-state index is 13.0. The van der Waals surface area contributed by atoms with Gasteiger partial charge in [0.15, 0.2) is 0 Å². The average Bonchev–Trinajstić information content (AvgIpc) is 3.00. The van der Waals surface area contributed by atoms with Gasteiger partial charge in [0.2, 0.25) is 0 Å². The predicted molar refractivity (Wildman–Crippen MR) is 132 cm³/mol. The van der Waals surface area contributed by atoms with Crippen molar-refractivity contribution >= 4 is 80.1 Å². The number of hydrogen-bond donors (Lipinski definition) is 0. The van der Waals surface area contributed by atoms with Gasteiger partial charge in [-0.3, -0.25) is 14.5 Å². The summed E-state index contributed by atoms with van der Waals surface area (Å²) in [4.78, 5) is 37.8. The molecule has 0 radical (unpaired) electrons. The Bertz CT molecular complexity index is 1050. The minimum Gasteiger partial charge on any atom is -0.487 e. The van der Waals surface area contributed by atoms with Crippen LogP contribution in [0.3, 0.4) is 0 Å². The first-order chi connectivity index (χ1) is 14.7. The number of halogens is 3. The number of carbonyl (C=O) groups excluding carboxylic acids is 3. The van der Waals surface area contributed by atoms with Gasteiger partial charge >= 0.3 is 5.97 Å². The number of amides is 2. The first-order valence-electron chi connectivity index (χ1n) is 8.92. The van der Waals surface area contributed by atoms with Crippen LogP contribution in [0.15, 0.2) is 41.3 Å². The summed E-state index contributed by atoms with van der Waals surface area (Å²) in [5.41, 5.74) is 1.56. The fraction of sp³-hybridized carbons (Fsp3) is 0.190. The van der Waals surface area contributed by atoms with Crippen LogP contribution in [-0.2, 0) is 20.9 Å². The summed E-state index contributed by atoms with van der Waals surface area (Å²) in [6.45, 7) is 1.74. The van der Waals surface area contributed by atoms with Crippen LogP contribution in [-0.4, -0.2) is 35.2 Å². The van der Waals surface area contributed by atoms with Crippen molar-refractivity contribution in [2.24, 2.45) is 0 Å². The first-order valence-corrected chi connectivity index (χ1v) is 11.9. The number of methoxy groups -OCH3 is 1. The van der Waals surface area contributed by atoms with Crippen molar-refractivity contribution in [2.75, 3.05) is 7.11 Å². The molecule has 10 heteroatoms. The maximum atomic E-state index is 13.0. The highest BCUT2D eigenvalue weighted by Crippen LogP contribution is 2.36. The highest BCUT2D eigenvalue weighted by Gasteiger charge is 2.41. The van der Waals surface area contributed by atoms with E-state index in [0.717, 1.165) is 34.9 Å². The standard InChI is InChI=1S/C21H16FI2NO5S/c1-11(20(27)29-2)25-19(26)17(31-21(25)28)9-13-7-15(23)18(16(24)8-13)30-10-12-3-5-14(22)6-4-12/h3-9,11H,10H2,1-2H3/b17-9+/t11-/m0/s1. The lowest BCUT2D eigenvalue weighted by Gasteiger charge is -2.18. The molecule has 6 nitrogen and oxygen atoms in total. The fourth-order valence-corrected chi connectivity index (χ4v) is 5.81. The van der Waals surface area contributed by atoms with Crippen molar-refractivity contribution < 1.29 is 28.2 Å². The van der Waals surface area contributed by atoms with Gasteiger partial charge in [0.05, 0.1) is 19.2 Å². The topological polar surface area (TPSA) is 72.9 Å². The SMILES string of the molecule is COC(=O)[C@H](C)N1C(=O)S/C(=C/c2cc(I)c(OCc3ccc(F)cc3)c(I)c2)C1=O. The number of thioether (sulfide) groups is 1. The van der Waals surface area contributed by atoms with Crippen molar-refractivity contribution in [3.8, 4) is 5.75 Å². The molecule has 2 amide bonds. The number of esters is 1. The van der Waals surface area contributed by atoms with Gasteiger partial charge in [-0.2, -0.15) is 0 Å². The van der Waals surface area contributed by atoms with E-state index >= 15 is 0 Å². The van der Waals surface area contributed by atoms with Gasteiger partial charge in [0.1, 0.15) is 24.2 Å². The summed E-state index contributed by atoms with van der Waals surface area (Å²) in [6, 6.07) is 8.76. The Labute approximate surface area is 209 Å². The summed E-state index contributed by atoms with van der Waals surface area (Å²) in [7, 11) is 1.21. The molecule has 1 aliphatic rings. The van der Waals surface area contributed by atoms with Crippen LogP contribution < -0.4 is 4.74 Å². The molecule has 0 bridgehead atoms. The van der Waals surface area contributed by atoms with Crippen molar-refractivity contribution in [3.63, 3.8) is 0 Å². The molecule has 1 atom stereocenters. The minimum atomic E-state index is -0.995. The Kier molecular flexibility index (Phi) is 7.97. The van der Waals surface area contributed by atoms with E-state index in [0.29, 0.717) is 5.75 Å². The predicted octanol–water partition coefficient (Wildman–Crippen LogP) is 5.21. The lowest BCUT2D eigenvalue weighted by Crippen LogP contribution is -2.42. The summed E-state index contributed by atoms with van der Waals surface area (Å²) in [6.07, 6.45) is 1.61. The molecule has 0 unspecified atom stereocenters. The molecule has 0 saturated carbocycles. The Morgan fingerprint density at radius 2 is 1.81 bits per heavy atom. The van der Waals surface area contributed by atoms with Crippen LogP contribution in [0.1, 0.15) is 18.1 Å².